The maximum atomic E-state index is 12.9. The van der Waals surface area contributed by atoms with E-state index in [0.29, 0.717) is 33.5 Å². The summed E-state index contributed by atoms with van der Waals surface area (Å²) in [5.41, 5.74) is 1.76. The van der Waals surface area contributed by atoms with Crippen LogP contribution in [0.25, 0.3) is 10.9 Å². The number of thiophene rings is 1. The minimum Gasteiger partial charge on any atom is -0.499 e. The molecule has 1 aromatic carbocycles. The molecular formula is C17H14ClNO5S. The van der Waals surface area contributed by atoms with Gasteiger partial charge in [-0.3, -0.25) is 14.2 Å². The van der Waals surface area contributed by atoms with Crippen LogP contribution < -0.4 is 4.74 Å². The van der Waals surface area contributed by atoms with Crippen molar-refractivity contribution < 1.29 is 24.5 Å². The van der Waals surface area contributed by atoms with Crippen molar-refractivity contribution in [3.63, 3.8) is 0 Å². The predicted octanol–water partition coefficient (Wildman–Crippen LogP) is 3.69. The van der Waals surface area contributed by atoms with Crippen LogP contribution in [0.3, 0.4) is 0 Å². The lowest BCUT2D eigenvalue weighted by atomic mass is 10.1. The van der Waals surface area contributed by atoms with E-state index in [1.165, 1.54) is 17.7 Å². The van der Waals surface area contributed by atoms with E-state index in [0.717, 1.165) is 11.3 Å². The van der Waals surface area contributed by atoms with Crippen molar-refractivity contribution in [3.05, 3.63) is 45.4 Å². The zero-order chi connectivity index (χ0) is 18.3. The predicted molar refractivity (Wildman–Crippen MR) is 95.3 cm³/mol. The molecule has 0 unspecified atom stereocenters. The Morgan fingerprint density at radius 1 is 1.36 bits per heavy atom. The highest BCUT2D eigenvalue weighted by atomic mass is 35.5. The fourth-order valence-electron chi connectivity index (χ4n) is 2.87. The number of carboxylic acid groups (broad SMARTS) is 1. The first-order chi connectivity index (χ1) is 11.8. The van der Waals surface area contributed by atoms with Gasteiger partial charge in [0, 0.05) is 22.5 Å². The molecule has 3 aromatic rings. The summed E-state index contributed by atoms with van der Waals surface area (Å²) in [5, 5.41) is 21.1. The fraction of sp³-hybridized carbons (Fsp3) is 0.176. The van der Waals surface area contributed by atoms with Gasteiger partial charge in [-0.15, -0.1) is 11.3 Å². The minimum absolute atomic E-state index is 0.0305. The molecule has 0 spiro atoms. The Hall–Kier alpha value is -2.51. The van der Waals surface area contributed by atoms with Crippen molar-refractivity contribution in [2.45, 2.75) is 13.3 Å². The quantitative estimate of drug-likeness (QED) is 0.721. The van der Waals surface area contributed by atoms with Crippen LogP contribution in [0.4, 0.5) is 0 Å². The molecule has 25 heavy (non-hydrogen) atoms. The smallest absolute Gasteiger partial charge is 0.307 e. The number of halogens is 1. The standard InChI is InChI=1S/C17H14ClNO5S/c1-8-10(6-13(20)21)15-11(3-4-12(24-2)16(15)18)19(8)17(23)9-5-14(22)25-7-9/h3-5,7,22H,6H2,1-2H3,(H,20,21). The average molecular weight is 380 g/mol. The summed E-state index contributed by atoms with van der Waals surface area (Å²) in [7, 11) is 1.47. The van der Waals surface area contributed by atoms with E-state index in [4.69, 9.17) is 16.3 Å². The van der Waals surface area contributed by atoms with E-state index in [9.17, 15) is 19.8 Å². The largest absolute Gasteiger partial charge is 0.499 e. The summed E-state index contributed by atoms with van der Waals surface area (Å²) in [6.07, 6.45) is -0.273. The molecule has 2 heterocycles. The first kappa shape index (κ1) is 17.3. The lowest BCUT2D eigenvalue weighted by Gasteiger charge is -2.07. The van der Waals surface area contributed by atoms with Crippen molar-refractivity contribution >= 4 is 45.7 Å². The van der Waals surface area contributed by atoms with Crippen LogP contribution in [0.5, 0.6) is 10.8 Å². The highest BCUT2D eigenvalue weighted by molar-refractivity contribution is 7.12. The number of benzene rings is 1. The molecule has 0 fully saturated rings. The Kier molecular flexibility index (Phi) is 4.45. The van der Waals surface area contributed by atoms with Crippen LogP contribution in [0.2, 0.25) is 5.02 Å². The number of aromatic nitrogens is 1. The summed E-state index contributed by atoms with van der Waals surface area (Å²) >= 11 is 7.44. The number of carbonyl (C=O) groups excluding carboxylic acids is 1. The van der Waals surface area contributed by atoms with Crippen molar-refractivity contribution in [1.29, 1.82) is 0 Å². The summed E-state index contributed by atoms with van der Waals surface area (Å²) < 4.78 is 6.62. The minimum atomic E-state index is -1.03. The first-order valence-electron chi connectivity index (χ1n) is 7.25. The summed E-state index contributed by atoms with van der Waals surface area (Å²) in [5.74, 6) is -0.989. The number of carboxylic acids is 1. The van der Waals surface area contributed by atoms with Gasteiger partial charge in [-0.2, -0.15) is 0 Å². The highest BCUT2D eigenvalue weighted by Gasteiger charge is 2.24. The van der Waals surface area contributed by atoms with Gasteiger partial charge in [-0.1, -0.05) is 11.6 Å². The second kappa shape index (κ2) is 6.42. The van der Waals surface area contributed by atoms with Crippen LogP contribution in [0.15, 0.2) is 23.6 Å². The number of fused-ring (bicyclic) bond motifs is 1. The second-order valence-electron chi connectivity index (χ2n) is 5.42. The Labute approximate surface area is 151 Å². The molecule has 3 rings (SSSR count). The van der Waals surface area contributed by atoms with E-state index in [1.54, 1.807) is 24.4 Å². The lowest BCUT2D eigenvalue weighted by molar-refractivity contribution is -0.136. The van der Waals surface area contributed by atoms with Crippen LogP contribution in [-0.4, -0.2) is 33.8 Å². The van der Waals surface area contributed by atoms with Crippen LogP contribution in [-0.2, 0) is 11.2 Å². The van der Waals surface area contributed by atoms with Gasteiger partial charge in [0.2, 0.25) is 0 Å². The van der Waals surface area contributed by atoms with Crippen molar-refractivity contribution in [2.75, 3.05) is 7.11 Å². The zero-order valence-corrected chi connectivity index (χ0v) is 14.9. The number of hydrogen-bond donors (Lipinski definition) is 2. The van der Waals surface area contributed by atoms with Gasteiger partial charge < -0.3 is 14.9 Å². The molecule has 0 aliphatic carbocycles. The van der Waals surface area contributed by atoms with Gasteiger partial charge in [0.15, 0.2) is 5.06 Å². The highest BCUT2D eigenvalue weighted by Crippen LogP contribution is 2.38. The first-order valence-corrected chi connectivity index (χ1v) is 8.51. The Bertz CT molecular complexity index is 1000. The molecule has 2 aromatic heterocycles. The molecule has 0 saturated heterocycles. The number of hydrogen-bond acceptors (Lipinski definition) is 5. The van der Waals surface area contributed by atoms with E-state index in [1.807, 2.05) is 0 Å². The molecule has 2 N–H and O–H groups in total. The van der Waals surface area contributed by atoms with Gasteiger partial charge >= 0.3 is 5.97 Å². The number of ether oxygens (including phenoxy) is 1. The van der Waals surface area contributed by atoms with E-state index >= 15 is 0 Å². The summed E-state index contributed by atoms with van der Waals surface area (Å²) in [4.78, 5) is 24.2. The van der Waals surface area contributed by atoms with Crippen molar-refractivity contribution in [3.8, 4) is 10.8 Å². The Morgan fingerprint density at radius 2 is 2.08 bits per heavy atom. The van der Waals surface area contributed by atoms with Crippen LogP contribution >= 0.6 is 22.9 Å². The molecule has 130 valence electrons. The van der Waals surface area contributed by atoms with E-state index < -0.39 is 5.97 Å². The average Bonchev–Trinajstić information content (AvgIpc) is 3.10. The monoisotopic (exact) mass is 379 g/mol. The molecule has 0 amide bonds. The third kappa shape index (κ3) is 2.85. The van der Waals surface area contributed by atoms with E-state index in [2.05, 4.69) is 0 Å². The molecule has 8 heteroatoms. The summed E-state index contributed by atoms with van der Waals surface area (Å²) in [6.45, 7) is 1.67. The molecule has 6 nitrogen and oxygen atoms in total. The molecule has 0 aliphatic heterocycles. The van der Waals surface area contributed by atoms with Crippen molar-refractivity contribution in [2.24, 2.45) is 0 Å². The number of nitrogens with zero attached hydrogens (tertiary/aromatic N) is 1. The van der Waals surface area contributed by atoms with E-state index in [-0.39, 0.29) is 22.4 Å². The molecule has 0 saturated carbocycles. The summed E-state index contributed by atoms with van der Waals surface area (Å²) in [6, 6.07) is 4.67. The van der Waals surface area contributed by atoms with Crippen LogP contribution in [0, 0.1) is 6.92 Å². The number of aliphatic carboxylic acids is 1. The third-order valence-corrected chi connectivity index (χ3v) is 5.09. The van der Waals surface area contributed by atoms with Crippen molar-refractivity contribution in [1.82, 2.24) is 4.57 Å². The van der Waals surface area contributed by atoms with Gasteiger partial charge in [0.05, 0.1) is 29.6 Å². The van der Waals surface area contributed by atoms with Gasteiger partial charge in [-0.25, -0.2) is 0 Å². The fourth-order valence-corrected chi connectivity index (χ4v) is 3.83. The zero-order valence-electron chi connectivity index (χ0n) is 13.4. The number of methoxy groups -OCH3 is 1. The number of aromatic hydroxyl groups is 1. The van der Waals surface area contributed by atoms with Gasteiger partial charge in [0.25, 0.3) is 5.91 Å². The molecular weight excluding hydrogens is 366 g/mol. The maximum absolute atomic E-state index is 12.9. The third-order valence-electron chi connectivity index (χ3n) is 3.98. The molecule has 0 bridgehead atoms. The van der Waals surface area contributed by atoms with Crippen LogP contribution in [0.1, 0.15) is 21.6 Å². The molecule has 0 atom stereocenters. The number of rotatable bonds is 4. The Balaban J connectivity index is 2.32. The normalized spacial score (nSPS) is 11.0. The number of carbonyl (C=O) groups is 2. The maximum Gasteiger partial charge on any atom is 0.307 e. The topological polar surface area (TPSA) is 88.8 Å². The second-order valence-corrected chi connectivity index (χ2v) is 6.69. The molecule has 0 radical (unpaired) electrons. The van der Waals surface area contributed by atoms with Gasteiger partial charge in [0.1, 0.15) is 5.75 Å². The Morgan fingerprint density at radius 3 is 2.64 bits per heavy atom. The SMILES string of the molecule is COc1ccc2c(c1Cl)c(CC(=O)O)c(C)n2C(=O)c1csc(O)c1. The lowest BCUT2D eigenvalue weighted by Crippen LogP contribution is -2.13. The molecule has 0 aliphatic rings. The van der Waals surface area contributed by atoms with Gasteiger partial charge in [-0.05, 0) is 24.6 Å².